The second kappa shape index (κ2) is 11.4. The molecule has 1 N–H and O–H groups in total. The standard InChI is InChI=1S/C27H29ClN6O5S/c1-27(2,3)26(37)34-23(29-15-17-4-6-22(28)40-17)14-19(31-34)18-5-7-24(32-10-12-38-13-11-32)33(25(18)36)16-20(35)21-8-9-30-39-21/h4-9,14,29H,10-13,15-16H2,1-3H3. The Kier molecular flexibility index (Phi) is 7.92. The summed E-state index contributed by atoms with van der Waals surface area (Å²) >= 11 is 7.51. The number of carbonyl (C=O) groups excluding carboxylic acids is 2. The second-order valence-electron chi connectivity index (χ2n) is 10.3. The highest BCUT2D eigenvalue weighted by atomic mass is 35.5. The molecule has 11 nitrogen and oxygen atoms in total. The third kappa shape index (κ3) is 5.88. The SMILES string of the molecule is CC(C)(C)C(=O)n1nc(-c2ccc(N3CCOCC3)n(CC(=O)c3ccno3)c2=O)cc1NCc1ccc(Cl)s1. The Morgan fingerprint density at radius 2 is 1.90 bits per heavy atom. The van der Waals surface area contributed by atoms with Gasteiger partial charge in [0.15, 0.2) is 0 Å². The van der Waals surface area contributed by atoms with Crippen molar-refractivity contribution in [2.45, 2.75) is 33.9 Å². The molecule has 40 heavy (non-hydrogen) atoms. The number of anilines is 2. The highest BCUT2D eigenvalue weighted by molar-refractivity contribution is 7.16. The van der Waals surface area contributed by atoms with Gasteiger partial charge in [0.25, 0.3) is 11.5 Å². The summed E-state index contributed by atoms with van der Waals surface area (Å²) in [5, 5.41) is 11.4. The van der Waals surface area contributed by atoms with E-state index in [0.717, 1.165) is 4.88 Å². The molecule has 4 aromatic heterocycles. The van der Waals surface area contributed by atoms with E-state index in [2.05, 4.69) is 15.6 Å². The zero-order chi connectivity index (χ0) is 28.4. The number of morpholine rings is 1. The van der Waals surface area contributed by atoms with Gasteiger partial charge in [0.1, 0.15) is 17.3 Å². The van der Waals surface area contributed by atoms with Crippen molar-refractivity contribution < 1.29 is 18.8 Å². The maximum absolute atomic E-state index is 13.9. The van der Waals surface area contributed by atoms with Gasteiger partial charge in [-0.3, -0.25) is 19.0 Å². The molecule has 0 radical (unpaired) electrons. The number of rotatable bonds is 8. The van der Waals surface area contributed by atoms with Crippen molar-refractivity contribution in [3.05, 3.63) is 67.9 Å². The third-order valence-electron chi connectivity index (χ3n) is 6.39. The number of ketones is 1. The van der Waals surface area contributed by atoms with Crippen molar-refractivity contribution in [3.8, 4) is 11.3 Å². The van der Waals surface area contributed by atoms with Gasteiger partial charge in [-0.1, -0.05) is 37.5 Å². The number of nitrogens with one attached hydrogen (secondary N) is 1. The Hall–Kier alpha value is -3.74. The lowest BCUT2D eigenvalue weighted by Crippen LogP contribution is -2.40. The average Bonchev–Trinajstić information content (AvgIpc) is 3.69. The molecule has 210 valence electrons. The second-order valence-corrected chi connectivity index (χ2v) is 12.1. The van der Waals surface area contributed by atoms with E-state index in [1.54, 1.807) is 39.0 Å². The first-order valence-corrected chi connectivity index (χ1v) is 13.9. The van der Waals surface area contributed by atoms with Crippen LogP contribution in [0.25, 0.3) is 11.3 Å². The van der Waals surface area contributed by atoms with Gasteiger partial charge in [-0.25, -0.2) is 0 Å². The lowest BCUT2D eigenvalue weighted by Gasteiger charge is -2.30. The summed E-state index contributed by atoms with van der Waals surface area (Å²) in [5.41, 5.74) is -0.578. The van der Waals surface area contributed by atoms with Gasteiger partial charge in [0.05, 0.1) is 42.4 Å². The minimum absolute atomic E-state index is 0.0606. The molecule has 0 amide bonds. The molecule has 0 aliphatic carbocycles. The minimum Gasteiger partial charge on any atom is -0.378 e. The van der Waals surface area contributed by atoms with Crippen molar-refractivity contribution in [1.82, 2.24) is 19.5 Å². The number of aromatic nitrogens is 4. The van der Waals surface area contributed by atoms with Gasteiger partial charge in [0, 0.05) is 35.5 Å². The molecule has 0 unspecified atom stereocenters. The fourth-order valence-electron chi connectivity index (χ4n) is 4.30. The number of hydrogen-bond acceptors (Lipinski definition) is 10. The molecule has 13 heteroatoms. The van der Waals surface area contributed by atoms with Crippen LogP contribution in [-0.2, 0) is 17.8 Å². The largest absolute Gasteiger partial charge is 0.378 e. The van der Waals surface area contributed by atoms with E-state index in [4.69, 9.17) is 20.9 Å². The van der Waals surface area contributed by atoms with Crippen molar-refractivity contribution >= 4 is 46.3 Å². The normalized spacial score (nSPS) is 13.9. The molecule has 0 atom stereocenters. The summed E-state index contributed by atoms with van der Waals surface area (Å²) in [7, 11) is 0. The van der Waals surface area contributed by atoms with E-state index in [1.807, 2.05) is 17.0 Å². The Labute approximate surface area is 239 Å². The molecular weight excluding hydrogens is 556 g/mol. The van der Waals surface area contributed by atoms with Crippen LogP contribution in [0.15, 0.2) is 51.9 Å². The quantitative estimate of drug-likeness (QED) is 0.299. The molecule has 4 aromatic rings. The molecule has 1 saturated heterocycles. The van der Waals surface area contributed by atoms with Gasteiger partial charge >= 0.3 is 0 Å². The zero-order valence-corrected chi connectivity index (χ0v) is 23.9. The van der Waals surface area contributed by atoms with Crippen LogP contribution in [0, 0.1) is 5.41 Å². The molecule has 1 fully saturated rings. The van der Waals surface area contributed by atoms with E-state index in [0.29, 0.717) is 54.5 Å². The smallest absolute Gasteiger partial charge is 0.262 e. The summed E-state index contributed by atoms with van der Waals surface area (Å²) in [6, 6.07) is 10.3. The Morgan fingerprint density at radius 1 is 1.12 bits per heavy atom. The topological polar surface area (TPSA) is 124 Å². The van der Waals surface area contributed by atoms with E-state index in [1.165, 1.54) is 32.8 Å². The van der Waals surface area contributed by atoms with E-state index < -0.39 is 16.8 Å². The highest BCUT2D eigenvalue weighted by Gasteiger charge is 2.28. The molecule has 0 saturated carbocycles. The Bertz CT molecular complexity index is 1580. The number of pyridine rings is 1. The molecule has 5 rings (SSSR count). The van der Waals surface area contributed by atoms with Gasteiger partial charge in [-0.05, 0) is 24.3 Å². The predicted octanol–water partition coefficient (Wildman–Crippen LogP) is 4.43. The van der Waals surface area contributed by atoms with Crippen molar-refractivity contribution in [2.24, 2.45) is 5.41 Å². The molecular formula is C27H29ClN6O5S. The minimum atomic E-state index is -0.726. The molecule has 0 aromatic carbocycles. The van der Waals surface area contributed by atoms with Crippen LogP contribution in [0.1, 0.15) is 41.0 Å². The monoisotopic (exact) mass is 584 g/mol. The summed E-state index contributed by atoms with van der Waals surface area (Å²) < 4.78 is 13.9. The van der Waals surface area contributed by atoms with Gasteiger partial charge in [-0.15, -0.1) is 11.3 Å². The van der Waals surface area contributed by atoms with Crippen LogP contribution in [0.2, 0.25) is 4.34 Å². The first kappa shape index (κ1) is 27.8. The first-order valence-electron chi connectivity index (χ1n) is 12.8. The predicted molar refractivity (Wildman–Crippen MR) is 153 cm³/mol. The van der Waals surface area contributed by atoms with Crippen LogP contribution < -0.4 is 15.8 Å². The molecule has 0 spiro atoms. The lowest BCUT2D eigenvalue weighted by molar-refractivity contribution is 0.0752. The Morgan fingerprint density at radius 3 is 2.55 bits per heavy atom. The van der Waals surface area contributed by atoms with Gasteiger partial charge in [-0.2, -0.15) is 9.78 Å². The number of carbonyl (C=O) groups is 2. The van der Waals surface area contributed by atoms with Crippen molar-refractivity contribution in [1.29, 1.82) is 0 Å². The summed E-state index contributed by atoms with van der Waals surface area (Å²) in [6.45, 7) is 7.75. The average molecular weight is 585 g/mol. The molecule has 5 heterocycles. The third-order valence-corrected chi connectivity index (χ3v) is 7.62. The van der Waals surface area contributed by atoms with E-state index in [9.17, 15) is 14.4 Å². The first-order chi connectivity index (χ1) is 19.1. The maximum Gasteiger partial charge on any atom is 0.262 e. The fourth-order valence-corrected chi connectivity index (χ4v) is 5.33. The summed E-state index contributed by atoms with van der Waals surface area (Å²) in [5.74, 6) is 0.460. The maximum atomic E-state index is 13.9. The molecule has 1 aliphatic heterocycles. The number of Topliss-reactive ketones (excluding diaryl/α,β-unsaturated/α-hetero) is 1. The van der Waals surface area contributed by atoms with Crippen LogP contribution in [0.5, 0.6) is 0 Å². The van der Waals surface area contributed by atoms with Crippen LogP contribution in [0.3, 0.4) is 0 Å². The van der Waals surface area contributed by atoms with E-state index >= 15 is 0 Å². The lowest BCUT2D eigenvalue weighted by atomic mass is 9.96. The number of thiophene rings is 1. The summed E-state index contributed by atoms with van der Waals surface area (Å²) in [6.07, 6.45) is 1.38. The van der Waals surface area contributed by atoms with Gasteiger partial charge < -0.3 is 19.5 Å². The number of nitrogens with zero attached hydrogens (tertiary/aromatic N) is 5. The van der Waals surface area contributed by atoms with Crippen LogP contribution in [0.4, 0.5) is 11.6 Å². The number of ether oxygens (including phenoxy) is 1. The number of halogens is 1. The Balaban J connectivity index is 1.56. The van der Waals surface area contributed by atoms with Crippen LogP contribution >= 0.6 is 22.9 Å². The van der Waals surface area contributed by atoms with Crippen molar-refractivity contribution in [3.63, 3.8) is 0 Å². The van der Waals surface area contributed by atoms with Gasteiger partial charge in [0.2, 0.25) is 11.5 Å². The van der Waals surface area contributed by atoms with Crippen LogP contribution in [-0.4, -0.2) is 57.5 Å². The molecule has 1 aliphatic rings. The highest BCUT2D eigenvalue weighted by Crippen LogP contribution is 2.28. The van der Waals surface area contributed by atoms with E-state index in [-0.39, 0.29) is 23.8 Å². The zero-order valence-electron chi connectivity index (χ0n) is 22.3. The summed E-state index contributed by atoms with van der Waals surface area (Å²) in [4.78, 5) is 43.2. The molecule has 0 bridgehead atoms. The fraction of sp³-hybridized carbons (Fsp3) is 0.370. The van der Waals surface area contributed by atoms with Crippen molar-refractivity contribution in [2.75, 3.05) is 36.5 Å². The number of hydrogen-bond donors (Lipinski definition) is 1.